The molecule has 0 amide bonds. The molecule has 4 nitrogen and oxygen atoms in total. The fourth-order valence-corrected chi connectivity index (χ4v) is 1.46. The van der Waals surface area contributed by atoms with E-state index in [2.05, 4.69) is 9.97 Å². The molecule has 1 aliphatic heterocycles. The molecule has 0 radical (unpaired) electrons. The Balaban J connectivity index is 1.95. The SMILES string of the molecule is Cc1cc(OC2CCOCC2)ncn1. The topological polar surface area (TPSA) is 44.2 Å². The summed E-state index contributed by atoms with van der Waals surface area (Å²) in [4.78, 5) is 8.08. The van der Waals surface area contributed by atoms with Crippen molar-refractivity contribution < 1.29 is 9.47 Å². The second-order valence-corrected chi connectivity index (χ2v) is 3.43. The predicted molar refractivity (Wildman–Crippen MR) is 51.2 cm³/mol. The minimum atomic E-state index is 0.248. The van der Waals surface area contributed by atoms with E-state index in [1.807, 2.05) is 13.0 Å². The Morgan fingerprint density at radius 1 is 1.36 bits per heavy atom. The van der Waals surface area contributed by atoms with E-state index in [1.54, 1.807) is 0 Å². The van der Waals surface area contributed by atoms with Gasteiger partial charge in [0.1, 0.15) is 12.4 Å². The molecule has 1 aromatic heterocycles. The zero-order valence-corrected chi connectivity index (χ0v) is 8.27. The lowest BCUT2D eigenvalue weighted by molar-refractivity contribution is 0.0236. The van der Waals surface area contributed by atoms with E-state index < -0.39 is 0 Å². The summed E-state index contributed by atoms with van der Waals surface area (Å²) in [6, 6.07) is 1.86. The average molecular weight is 194 g/mol. The van der Waals surface area contributed by atoms with Crippen molar-refractivity contribution in [1.29, 1.82) is 0 Å². The first-order valence-corrected chi connectivity index (χ1v) is 4.87. The summed E-state index contributed by atoms with van der Waals surface area (Å²) in [5.74, 6) is 0.671. The highest BCUT2D eigenvalue weighted by Crippen LogP contribution is 2.15. The quantitative estimate of drug-likeness (QED) is 0.712. The van der Waals surface area contributed by atoms with Gasteiger partial charge in [0.2, 0.25) is 5.88 Å². The van der Waals surface area contributed by atoms with Crippen LogP contribution in [0.5, 0.6) is 5.88 Å². The van der Waals surface area contributed by atoms with Crippen molar-refractivity contribution in [3.63, 3.8) is 0 Å². The smallest absolute Gasteiger partial charge is 0.216 e. The van der Waals surface area contributed by atoms with Gasteiger partial charge in [-0.2, -0.15) is 0 Å². The highest BCUT2D eigenvalue weighted by molar-refractivity contribution is 5.12. The number of nitrogens with zero attached hydrogens (tertiary/aromatic N) is 2. The molecule has 0 bridgehead atoms. The van der Waals surface area contributed by atoms with Gasteiger partial charge >= 0.3 is 0 Å². The van der Waals surface area contributed by atoms with Gasteiger partial charge < -0.3 is 9.47 Å². The number of rotatable bonds is 2. The zero-order chi connectivity index (χ0) is 9.80. The molecule has 1 aliphatic rings. The van der Waals surface area contributed by atoms with Gasteiger partial charge in [-0.25, -0.2) is 9.97 Å². The third-order valence-corrected chi connectivity index (χ3v) is 2.23. The number of hydrogen-bond donors (Lipinski definition) is 0. The van der Waals surface area contributed by atoms with E-state index in [9.17, 15) is 0 Å². The van der Waals surface area contributed by atoms with E-state index in [0.717, 1.165) is 31.7 Å². The Hall–Kier alpha value is -1.16. The van der Waals surface area contributed by atoms with Crippen molar-refractivity contribution in [2.45, 2.75) is 25.9 Å². The van der Waals surface area contributed by atoms with Crippen molar-refractivity contribution in [3.8, 4) is 5.88 Å². The predicted octanol–water partition coefficient (Wildman–Crippen LogP) is 1.34. The molecule has 0 N–H and O–H groups in total. The second kappa shape index (κ2) is 4.37. The van der Waals surface area contributed by atoms with Gasteiger partial charge in [-0.15, -0.1) is 0 Å². The number of aryl methyl sites for hydroxylation is 1. The van der Waals surface area contributed by atoms with Gasteiger partial charge in [-0.3, -0.25) is 0 Å². The van der Waals surface area contributed by atoms with Crippen LogP contribution in [-0.4, -0.2) is 29.3 Å². The van der Waals surface area contributed by atoms with E-state index in [0.29, 0.717) is 5.88 Å². The maximum atomic E-state index is 5.70. The lowest BCUT2D eigenvalue weighted by Gasteiger charge is -2.22. The largest absolute Gasteiger partial charge is 0.474 e. The van der Waals surface area contributed by atoms with Crippen LogP contribution in [0.1, 0.15) is 18.5 Å². The van der Waals surface area contributed by atoms with Gasteiger partial charge in [0.25, 0.3) is 0 Å². The summed E-state index contributed by atoms with van der Waals surface area (Å²) < 4.78 is 11.0. The summed E-state index contributed by atoms with van der Waals surface area (Å²) in [6.07, 6.45) is 3.67. The Bertz CT molecular complexity index is 298. The first kappa shape index (κ1) is 9.40. The standard InChI is InChI=1S/C10H14N2O2/c1-8-6-10(12-7-11-8)14-9-2-4-13-5-3-9/h6-7,9H,2-5H2,1H3. The highest BCUT2D eigenvalue weighted by atomic mass is 16.5. The van der Waals surface area contributed by atoms with Crippen LogP contribution in [0.4, 0.5) is 0 Å². The maximum Gasteiger partial charge on any atom is 0.216 e. The molecule has 1 aromatic rings. The second-order valence-electron chi connectivity index (χ2n) is 3.43. The molecule has 2 rings (SSSR count). The molecule has 0 aliphatic carbocycles. The molecule has 0 spiro atoms. The minimum absolute atomic E-state index is 0.248. The lowest BCUT2D eigenvalue weighted by atomic mass is 10.1. The molecule has 14 heavy (non-hydrogen) atoms. The number of aromatic nitrogens is 2. The first-order valence-electron chi connectivity index (χ1n) is 4.87. The third-order valence-electron chi connectivity index (χ3n) is 2.23. The van der Waals surface area contributed by atoms with Gasteiger partial charge in [0.15, 0.2) is 0 Å². The Morgan fingerprint density at radius 2 is 2.14 bits per heavy atom. The number of ether oxygens (including phenoxy) is 2. The molecule has 0 unspecified atom stereocenters. The van der Waals surface area contributed by atoms with Crippen molar-refractivity contribution in [3.05, 3.63) is 18.1 Å². The molecule has 0 atom stereocenters. The van der Waals surface area contributed by atoms with Crippen LogP contribution in [0.25, 0.3) is 0 Å². The zero-order valence-electron chi connectivity index (χ0n) is 8.27. The van der Waals surface area contributed by atoms with E-state index >= 15 is 0 Å². The van der Waals surface area contributed by atoms with Gasteiger partial charge in [0.05, 0.1) is 13.2 Å². The summed E-state index contributed by atoms with van der Waals surface area (Å²) in [5, 5.41) is 0. The molecule has 4 heteroatoms. The fraction of sp³-hybridized carbons (Fsp3) is 0.600. The molecule has 0 saturated carbocycles. The van der Waals surface area contributed by atoms with E-state index in [4.69, 9.17) is 9.47 Å². The van der Waals surface area contributed by atoms with Crippen LogP contribution in [-0.2, 0) is 4.74 Å². The van der Waals surface area contributed by atoms with Crippen LogP contribution in [0.3, 0.4) is 0 Å². The third kappa shape index (κ3) is 2.42. The molecular weight excluding hydrogens is 180 g/mol. The van der Waals surface area contributed by atoms with Crippen molar-refractivity contribution in [1.82, 2.24) is 9.97 Å². The Labute approximate surface area is 83.3 Å². The van der Waals surface area contributed by atoms with Crippen LogP contribution >= 0.6 is 0 Å². The maximum absolute atomic E-state index is 5.70. The highest BCUT2D eigenvalue weighted by Gasteiger charge is 2.15. The van der Waals surface area contributed by atoms with Gasteiger partial charge in [-0.1, -0.05) is 0 Å². The van der Waals surface area contributed by atoms with Crippen LogP contribution in [0, 0.1) is 6.92 Å². The van der Waals surface area contributed by atoms with E-state index in [-0.39, 0.29) is 6.10 Å². The Morgan fingerprint density at radius 3 is 2.86 bits per heavy atom. The van der Waals surface area contributed by atoms with Gasteiger partial charge in [-0.05, 0) is 6.92 Å². The summed E-state index contributed by atoms with van der Waals surface area (Å²) in [5.41, 5.74) is 0.932. The minimum Gasteiger partial charge on any atom is -0.474 e. The molecule has 76 valence electrons. The fourth-order valence-electron chi connectivity index (χ4n) is 1.46. The first-order chi connectivity index (χ1) is 6.84. The molecule has 2 heterocycles. The monoisotopic (exact) mass is 194 g/mol. The average Bonchev–Trinajstić information content (AvgIpc) is 2.19. The van der Waals surface area contributed by atoms with Gasteiger partial charge in [0, 0.05) is 24.6 Å². The summed E-state index contributed by atoms with van der Waals surface area (Å²) in [7, 11) is 0. The molecule has 1 saturated heterocycles. The summed E-state index contributed by atoms with van der Waals surface area (Å²) in [6.45, 7) is 3.50. The van der Waals surface area contributed by atoms with Crippen molar-refractivity contribution in [2.75, 3.05) is 13.2 Å². The normalized spacial score (nSPS) is 18.1. The van der Waals surface area contributed by atoms with Crippen molar-refractivity contribution in [2.24, 2.45) is 0 Å². The van der Waals surface area contributed by atoms with Crippen LogP contribution in [0.2, 0.25) is 0 Å². The van der Waals surface area contributed by atoms with Crippen LogP contribution in [0.15, 0.2) is 12.4 Å². The number of hydrogen-bond acceptors (Lipinski definition) is 4. The Kier molecular flexibility index (Phi) is 2.93. The lowest BCUT2D eigenvalue weighted by Crippen LogP contribution is -2.26. The van der Waals surface area contributed by atoms with Crippen molar-refractivity contribution >= 4 is 0 Å². The molecular formula is C10H14N2O2. The molecule has 1 fully saturated rings. The molecule has 0 aromatic carbocycles. The van der Waals surface area contributed by atoms with Crippen LogP contribution < -0.4 is 4.74 Å². The van der Waals surface area contributed by atoms with E-state index in [1.165, 1.54) is 6.33 Å². The summed E-state index contributed by atoms with van der Waals surface area (Å²) >= 11 is 0.